The molecule has 4 rings (SSSR count). The largest absolute Gasteiger partial charge is 0.329 e. The molecule has 118 valence electrons. The third-order valence-corrected chi connectivity index (χ3v) is 5.55. The Hall–Kier alpha value is -2.71. The number of aromatic nitrogens is 1. The highest BCUT2D eigenvalue weighted by atomic mass is 32.2. The molecule has 0 bridgehead atoms. The fourth-order valence-electron chi connectivity index (χ4n) is 3.23. The molecule has 4 nitrogen and oxygen atoms in total. The second-order valence-corrected chi connectivity index (χ2v) is 6.93. The summed E-state index contributed by atoms with van der Waals surface area (Å²) in [4.78, 5) is 15.7. The molecule has 0 spiro atoms. The quantitative estimate of drug-likeness (QED) is 0.725. The van der Waals surface area contributed by atoms with Crippen LogP contribution in [0.15, 0.2) is 52.3 Å². The van der Waals surface area contributed by atoms with Crippen molar-refractivity contribution in [2.75, 3.05) is 10.8 Å². The van der Waals surface area contributed by atoms with Crippen LogP contribution in [0.4, 0.5) is 5.69 Å². The molecular weight excluding hydrogens is 318 g/mol. The van der Waals surface area contributed by atoms with Crippen molar-refractivity contribution >= 4 is 28.4 Å². The number of nitrogens with one attached hydrogen (secondary N) is 1. The van der Waals surface area contributed by atoms with Gasteiger partial charge in [0.05, 0.1) is 17.3 Å². The van der Waals surface area contributed by atoms with E-state index < -0.39 is 0 Å². The lowest BCUT2D eigenvalue weighted by Gasteiger charge is -2.19. The Labute approximate surface area is 143 Å². The van der Waals surface area contributed by atoms with Crippen LogP contribution in [0, 0.1) is 18.3 Å². The molecule has 1 N–H and O–H groups in total. The second-order valence-electron chi connectivity index (χ2n) is 5.87. The monoisotopic (exact) mass is 333 g/mol. The highest BCUT2D eigenvalue weighted by molar-refractivity contribution is 8.00. The van der Waals surface area contributed by atoms with Crippen molar-refractivity contribution in [3.05, 3.63) is 69.6 Å². The van der Waals surface area contributed by atoms with E-state index in [1.54, 1.807) is 18.1 Å². The topological polar surface area (TPSA) is 59.9 Å². The summed E-state index contributed by atoms with van der Waals surface area (Å²) in [6.07, 6.45) is 2.66. The maximum atomic E-state index is 12.0. The van der Waals surface area contributed by atoms with Crippen LogP contribution in [0.3, 0.4) is 0 Å². The summed E-state index contributed by atoms with van der Waals surface area (Å²) in [5.74, 6) is 0. The summed E-state index contributed by atoms with van der Waals surface area (Å²) in [5.41, 5.74) is 4.20. The highest BCUT2D eigenvalue weighted by Crippen LogP contribution is 2.40. The zero-order chi connectivity index (χ0) is 16.7. The highest BCUT2D eigenvalue weighted by Gasteiger charge is 2.23. The molecule has 0 saturated carbocycles. The number of hydrogen-bond donors (Lipinski definition) is 1. The van der Waals surface area contributed by atoms with E-state index in [2.05, 4.69) is 22.3 Å². The first-order valence-electron chi connectivity index (χ1n) is 7.77. The van der Waals surface area contributed by atoms with E-state index in [0.717, 1.165) is 28.9 Å². The molecule has 0 unspecified atom stereocenters. The van der Waals surface area contributed by atoms with E-state index in [4.69, 9.17) is 0 Å². The number of anilines is 1. The Bertz CT molecular complexity index is 1050. The van der Waals surface area contributed by atoms with Gasteiger partial charge in [-0.3, -0.25) is 4.79 Å². The van der Waals surface area contributed by atoms with Gasteiger partial charge < -0.3 is 9.29 Å². The number of nitrogens with zero attached hydrogens (tertiary/aromatic N) is 2. The average molecular weight is 333 g/mol. The van der Waals surface area contributed by atoms with E-state index in [-0.39, 0.29) is 5.56 Å². The van der Waals surface area contributed by atoms with Crippen molar-refractivity contribution in [1.29, 1.82) is 5.26 Å². The zero-order valence-electron chi connectivity index (χ0n) is 13.2. The number of hydrogen-bond acceptors (Lipinski definition) is 4. The van der Waals surface area contributed by atoms with Gasteiger partial charge in [-0.05, 0) is 66.8 Å². The van der Waals surface area contributed by atoms with Gasteiger partial charge in [0, 0.05) is 28.4 Å². The molecule has 0 radical (unpaired) electrons. The summed E-state index contributed by atoms with van der Waals surface area (Å²) in [6.45, 7) is 2.96. The van der Waals surface area contributed by atoms with Crippen molar-refractivity contribution < 1.29 is 0 Å². The molecular formula is C19H15N3OS. The van der Waals surface area contributed by atoms with Gasteiger partial charge in [0.2, 0.25) is 0 Å². The minimum Gasteiger partial charge on any atom is -0.329 e. The predicted molar refractivity (Wildman–Crippen MR) is 97.4 cm³/mol. The van der Waals surface area contributed by atoms with E-state index >= 15 is 0 Å². The Morgan fingerprint density at radius 1 is 1.25 bits per heavy atom. The van der Waals surface area contributed by atoms with Crippen LogP contribution < -0.4 is 9.86 Å². The summed E-state index contributed by atoms with van der Waals surface area (Å²) >= 11 is 1.63. The summed E-state index contributed by atoms with van der Waals surface area (Å²) in [7, 11) is 0. The van der Waals surface area contributed by atoms with E-state index in [9.17, 15) is 10.1 Å². The lowest BCUT2D eigenvalue weighted by Crippen LogP contribution is -2.11. The molecule has 0 saturated heterocycles. The predicted octanol–water partition coefficient (Wildman–Crippen LogP) is 3.78. The molecule has 2 aromatic carbocycles. The van der Waals surface area contributed by atoms with Crippen molar-refractivity contribution in [3.8, 4) is 6.07 Å². The van der Waals surface area contributed by atoms with Crippen LogP contribution in [0.25, 0.3) is 10.8 Å². The van der Waals surface area contributed by atoms with Crippen molar-refractivity contribution in [2.24, 2.45) is 0 Å². The van der Waals surface area contributed by atoms with Gasteiger partial charge in [-0.2, -0.15) is 5.26 Å². The first-order valence-corrected chi connectivity index (χ1v) is 8.54. The molecule has 24 heavy (non-hydrogen) atoms. The smallest absolute Gasteiger partial charge is 0.255 e. The van der Waals surface area contributed by atoms with Crippen LogP contribution in [0.1, 0.15) is 16.7 Å². The number of H-pyrrole nitrogens is 1. The fourth-order valence-corrected chi connectivity index (χ4v) is 4.33. The van der Waals surface area contributed by atoms with Gasteiger partial charge in [0.1, 0.15) is 0 Å². The van der Waals surface area contributed by atoms with E-state index in [0.29, 0.717) is 10.9 Å². The average Bonchev–Trinajstić information content (AvgIpc) is 2.99. The van der Waals surface area contributed by atoms with Crippen LogP contribution in [-0.2, 0) is 6.42 Å². The lowest BCUT2D eigenvalue weighted by molar-refractivity contribution is 1.04. The minimum atomic E-state index is -0.0700. The van der Waals surface area contributed by atoms with Gasteiger partial charge in [0.15, 0.2) is 0 Å². The van der Waals surface area contributed by atoms with Crippen molar-refractivity contribution in [3.63, 3.8) is 0 Å². The molecule has 0 atom stereocenters. The molecule has 1 aromatic heterocycles. The molecule has 2 heterocycles. The molecule has 0 amide bonds. The zero-order valence-corrected chi connectivity index (χ0v) is 14.0. The standard InChI is InChI=1S/C19H15N3OS/c1-12-9-13(11-20)10-17-14(12)6-8-22(17)24-18-4-2-3-16-15(18)5-7-21-19(16)23/h2-5,7,9-10H,6,8H2,1H3,(H,21,23). The second kappa shape index (κ2) is 5.73. The van der Waals surface area contributed by atoms with Gasteiger partial charge in [-0.25, -0.2) is 0 Å². The van der Waals surface area contributed by atoms with Crippen LogP contribution in [0.2, 0.25) is 0 Å². The van der Waals surface area contributed by atoms with Gasteiger partial charge in [-0.1, -0.05) is 6.07 Å². The number of pyridine rings is 1. The third kappa shape index (κ3) is 2.36. The Balaban J connectivity index is 1.78. The van der Waals surface area contributed by atoms with Gasteiger partial charge in [-0.15, -0.1) is 0 Å². The van der Waals surface area contributed by atoms with Crippen molar-refractivity contribution in [1.82, 2.24) is 4.98 Å². The summed E-state index contributed by atoms with van der Waals surface area (Å²) in [6, 6.07) is 13.9. The normalized spacial score (nSPS) is 13.1. The maximum Gasteiger partial charge on any atom is 0.255 e. The van der Waals surface area contributed by atoms with Gasteiger partial charge in [0.25, 0.3) is 5.56 Å². The molecule has 3 aromatic rings. The Morgan fingerprint density at radius 2 is 2.12 bits per heavy atom. The number of aryl methyl sites for hydroxylation is 1. The number of aromatic amines is 1. The van der Waals surface area contributed by atoms with E-state index in [1.807, 2.05) is 36.4 Å². The first kappa shape index (κ1) is 14.9. The lowest BCUT2D eigenvalue weighted by atomic mass is 10.0. The molecule has 5 heteroatoms. The van der Waals surface area contributed by atoms with Crippen LogP contribution in [0.5, 0.6) is 0 Å². The number of nitriles is 1. The van der Waals surface area contributed by atoms with Gasteiger partial charge >= 0.3 is 0 Å². The maximum absolute atomic E-state index is 12.0. The van der Waals surface area contributed by atoms with E-state index in [1.165, 1.54) is 11.1 Å². The van der Waals surface area contributed by atoms with Crippen LogP contribution >= 0.6 is 11.9 Å². The molecule has 0 aliphatic carbocycles. The van der Waals surface area contributed by atoms with Crippen molar-refractivity contribution in [2.45, 2.75) is 18.2 Å². The first-order chi connectivity index (χ1) is 11.7. The summed E-state index contributed by atoms with van der Waals surface area (Å²) in [5, 5.41) is 10.9. The molecule has 1 aliphatic rings. The molecule has 0 fully saturated rings. The Morgan fingerprint density at radius 3 is 2.96 bits per heavy atom. The summed E-state index contributed by atoms with van der Waals surface area (Å²) < 4.78 is 2.22. The Kier molecular flexibility index (Phi) is 3.55. The minimum absolute atomic E-state index is 0.0700. The number of rotatable bonds is 2. The SMILES string of the molecule is Cc1cc(C#N)cc2c1CCN2Sc1cccc2c(=O)[nH]ccc12. The molecule has 1 aliphatic heterocycles. The third-order valence-electron chi connectivity index (χ3n) is 4.40. The van der Waals surface area contributed by atoms with Crippen LogP contribution in [-0.4, -0.2) is 11.5 Å². The number of benzene rings is 2. The number of fused-ring (bicyclic) bond motifs is 2. The fraction of sp³-hybridized carbons (Fsp3) is 0.158.